The molecule has 1 aliphatic carbocycles. The molecule has 0 saturated heterocycles. The number of ether oxygens (including phenoxy) is 1. The number of aliphatic hydroxyl groups excluding tert-OH is 1. The standard InChI is InChI=1S/C21H21N3O3S/c25-17-3-1-2-4-18(17)27-16-7-5-15(6-8-16)24-20(26)19-13-23-21(28-19)14-9-11-22-12-10-14/h5-13,17-18,25H,1-4H2,(H,24,26)/t17-,18-/m1/s1. The molecule has 2 heterocycles. The summed E-state index contributed by atoms with van der Waals surface area (Å²) >= 11 is 1.34. The molecule has 1 saturated carbocycles. The zero-order valence-electron chi connectivity index (χ0n) is 15.2. The van der Waals surface area contributed by atoms with E-state index in [1.807, 2.05) is 24.3 Å². The first-order chi connectivity index (χ1) is 13.7. The highest BCUT2D eigenvalue weighted by Crippen LogP contribution is 2.27. The normalized spacial score (nSPS) is 19.2. The Morgan fingerprint density at radius 2 is 1.86 bits per heavy atom. The predicted molar refractivity (Wildman–Crippen MR) is 109 cm³/mol. The lowest BCUT2D eigenvalue weighted by molar-refractivity contribution is 0.00688. The van der Waals surface area contributed by atoms with Crippen LogP contribution in [0.4, 0.5) is 5.69 Å². The Labute approximate surface area is 167 Å². The number of benzene rings is 1. The van der Waals surface area contributed by atoms with Crippen LogP contribution in [0, 0.1) is 0 Å². The molecule has 1 aromatic carbocycles. The lowest BCUT2D eigenvalue weighted by Gasteiger charge is -2.28. The molecule has 1 amide bonds. The Morgan fingerprint density at radius 3 is 2.61 bits per heavy atom. The highest BCUT2D eigenvalue weighted by molar-refractivity contribution is 7.17. The summed E-state index contributed by atoms with van der Waals surface area (Å²) in [5.41, 5.74) is 1.62. The number of nitrogens with zero attached hydrogens (tertiary/aromatic N) is 2. The molecule has 144 valence electrons. The van der Waals surface area contributed by atoms with Crippen molar-refractivity contribution in [1.29, 1.82) is 0 Å². The van der Waals surface area contributed by atoms with Crippen LogP contribution in [0.15, 0.2) is 55.0 Å². The number of carbonyl (C=O) groups is 1. The van der Waals surface area contributed by atoms with Crippen LogP contribution in [0.25, 0.3) is 10.6 Å². The van der Waals surface area contributed by atoms with Gasteiger partial charge in [0.25, 0.3) is 5.91 Å². The van der Waals surface area contributed by atoms with Crippen LogP contribution in [-0.2, 0) is 0 Å². The second kappa shape index (κ2) is 8.50. The Balaban J connectivity index is 1.38. The van der Waals surface area contributed by atoms with Gasteiger partial charge in [0.05, 0.1) is 12.3 Å². The minimum atomic E-state index is -0.408. The van der Waals surface area contributed by atoms with Gasteiger partial charge in [0.1, 0.15) is 21.7 Å². The summed E-state index contributed by atoms with van der Waals surface area (Å²) in [4.78, 5) is 21.3. The summed E-state index contributed by atoms with van der Waals surface area (Å²) in [5, 5.41) is 13.7. The van der Waals surface area contributed by atoms with Gasteiger partial charge in [-0.25, -0.2) is 4.98 Å². The van der Waals surface area contributed by atoms with Gasteiger partial charge in [-0.05, 0) is 55.7 Å². The lowest BCUT2D eigenvalue weighted by Crippen LogP contribution is -2.34. The Kier molecular flexibility index (Phi) is 5.64. The fraction of sp³-hybridized carbons (Fsp3) is 0.286. The van der Waals surface area contributed by atoms with E-state index in [0.717, 1.165) is 36.3 Å². The molecule has 4 rings (SSSR count). The fourth-order valence-electron chi connectivity index (χ4n) is 3.21. The molecular weight excluding hydrogens is 374 g/mol. The van der Waals surface area contributed by atoms with Crippen LogP contribution in [-0.4, -0.2) is 33.2 Å². The SMILES string of the molecule is O=C(Nc1ccc(O[C@@H]2CCCC[C@H]2O)cc1)c1cnc(-c2ccncc2)s1. The molecule has 1 fully saturated rings. The molecular formula is C21H21N3O3S. The molecule has 28 heavy (non-hydrogen) atoms. The molecule has 1 aliphatic rings. The van der Waals surface area contributed by atoms with Crippen molar-refractivity contribution in [2.45, 2.75) is 37.9 Å². The summed E-state index contributed by atoms with van der Waals surface area (Å²) in [5.74, 6) is 0.496. The van der Waals surface area contributed by atoms with E-state index in [0.29, 0.717) is 16.3 Å². The number of aliphatic hydroxyl groups is 1. The van der Waals surface area contributed by atoms with E-state index in [4.69, 9.17) is 4.74 Å². The van der Waals surface area contributed by atoms with Crippen molar-refractivity contribution < 1.29 is 14.6 Å². The molecule has 0 spiro atoms. The van der Waals surface area contributed by atoms with Crippen LogP contribution in [0.3, 0.4) is 0 Å². The molecule has 2 N–H and O–H groups in total. The Bertz CT molecular complexity index is 928. The summed E-state index contributed by atoms with van der Waals surface area (Å²) in [6.07, 6.45) is 8.20. The van der Waals surface area contributed by atoms with Gasteiger partial charge in [0.2, 0.25) is 0 Å². The van der Waals surface area contributed by atoms with Gasteiger partial charge in [-0.15, -0.1) is 11.3 Å². The van der Waals surface area contributed by atoms with Crippen molar-refractivity contribution in [1.82, 2.24) is 9.97 Å². The third-order valence-electron chi connectivity index (χ3n) is 4.72. The average Bonchev–Trinajstić information content (AvgIpc) is 3.22. The minimum Gasteiger partial charge on any atom is -0.488 e. The van der Waals surface area contributed by atoms with Crippen molar-refractivity contribution in [3.63, 3.8) is 0 Å². The van der Waals surface area contributed by atoms with Gasteiger partial charge in [-0.2, -0.15) is 0 Å². The smallest absolute Gasteiger partial charge is 0.267 e. The molecule has 7 heteroatoms. The van der Waals surface area contributed by atoms with Crippen molar-refractivity contribution in [2.24, 2.45) is 0 Å². The molecule has 6 nitrogen and oxygen atoms in total. The zero-order chi connectivity index (χ0) is 19.3. The molecule has 0 aliphatic heterocycles. The number of hydrogen-bond acceptors (Lipinski definition) is 6. The van der Waals surface area contributed by atoms with Crippen molar-refractivity contribution in [2.75, 3.05) is 5.32 Å². The number of carbonyl (C=O) groups excluding carboxylic acids is 1. The third-order valence-corrected chi connectivity index (χ3v) is 5.77. The highest BCUT2D eigenvalue weighted by atomic mass is 32.1. The van der Waals surface area contributed by atoms with Gasteiger partial charge < -0.3 is 15.2 Å². The molecule has 0 bridgehead atoms. The number of pyridine rings is 1. The van der Waals surface area contributed by atoms with E-state index in [2.05, 4.69) is 15.3 Å². The van der Waals surface area contributed by atoms with Crippen LogP contribution in [0.5, 0.6) is 5.75 Å². The van der Waals surface area contributed by atoms with Crippen molar-refractivity contribution >= 4 is 22.9 Å². The number of aromatic nitrogens is 2. The third kappa shape index (κ3) is 4.37. The zero-order valence-corrected chi connectivity index (χ0v) is 16.1. The average molecular weight is 395 g/mol. The predicted octanol–water partition coefficient (Wildman–Crippen LogP) is 4.14. The summed E-state index contributed by atoms with van der Waals surface area (Å²) in [6.45, 7) is 0. The van der Waals surface area contributed by atoms with Gasteiger partial charge in [0, 0.05) is 23.6 Å². The van der Waals surface area contributed by atoms with Crippen LogP contribution < -0.4 is 10.1 Å². The molecule has 3 aromatic rings. The summed E-state index contributed by atoms with van der Waals surface area (Å²) in [6, 6.07) is 10.9. The second-order valence-electron chi connectivity index (χ2n) is 6.75. The number of hydrogen-bond donors (Lipinski definition) is 2. The van der Waals surface area contributed by atoms with Gasteiger partial charge >= 0.3 is 0 Å². The lowest BCUT2D eigenvalue weighted by atomic mass is 9.95. The number of rotatable bonds is 5. The van der Waals surface area contributed by atoms with Gasteiger partial charge in [0.15, 0.2) is 0 Å². The van der Waals surface area contributed by atoms with E-state index in [1.54, 1.807) is 30.7 Å². The van der Waals surface area contributed by atoms with Gasteiger partial charge in [-0.3, -0.25) is 9.78 Å². The topological polar surface area (TPSA) is 84.3 Å². The minimum absolute atomic E-state index is 0.155. The van der Waals surface area contributed by atoms with E-state index >= 15 is 0 Å². The number of anilines is 1. The summed E-state index contributed by atoms with van der Waals surface area (Å²) < 4.78 is 5.89. The van der Waals surface area contributed by atoms with E-state index in [1.165, 1.54) is 11.3 Å². The molecule has 2 atom stereocenters. The maximum Gasteiger partial charge on any atom is 0.267 e. The Morgan fingerprint density at radius 1 is 1.11 bits per heavy atom. The Hall–Kier alpha value is -2.77. The van der Waals surface area contributed by atoms with Crippen molar-refractivity contribution in [3.8, 4) is 16.3 Å². The first-order valence-corrected chi connectivity index (χ1v) is 10.1. The first kappa shape index (κ1) is 18.6. The van der Waals surface area contributed by atoms with Crippen LogP contribution in [0.2, 0.25) is 0 Å². The largest absolute Gasteiger partial charge is 0.488 e. The van der Waals surface area contributed by atoms with Crippen molar-refractivity contribution in [3.05, 3.63) is 59.9 Å². The summed E-state index contributed by atoms with van der Waals surface area (Å²) in [7, 11) is 0. The number of amides is 1. The highest BCUT2D eigenvalue weighted by Gasteiger charge is 2.24. The molecule has 0 unspecified atom stereocenters. The molecule has 2 aromatic heterocycles. The van der Waals surface area contributed by atoms with Crippen LogP contribution >= 0.6 is 11.3 Å². The fourth-order valence-corrected chi connectivity index (χ4v) is 4.02. The number of nitrogens with one attached hydrogen (secondary N) is 1. The maximum absolute atomic E-state index is 12.5. The second-order valence-corrected chi connectivity index (χ2v) is 7.78. The van der Waals surface area contributed by atoms with Gasteiger partial charge in [-0.1, -0.05) is 6.42 Å². The quantitative estimate of drug-likeness (QED) is 0.678. The first-order valence-electron chi connectivity index (χ1n) is 9.31. The van der Waals surface area contributed by atoms with E-state index < -0.39 is 6.10 Å². The van der Waals surface area contributed by atoms with Crippen LogP contribution in [0.1, 0.15) is 35.4 Å². The van der Waals surface area contributed by atoms with E-state index in [-0.39, 0.29) is 12.0 Å². The molecule has 0 radical (unpaired) electrons. The number of thiazole rings is 1. The maximum atomic E-state index is 12.5. The monoisotopic (exact) mass is 395 g/mol. The van der Waals surface area contributed by atoms with E-state index in [9.17, 15) is 9.90 Å².